The maximum atomic E-state index is 12.8. The molecule has 3 N–H and O–H groups in total. The molecule has 1 amide bonds. The summed E-state index contributed by atoms with van der Waals surface area (Å²) < 4.78 is 1.43. The van der Waals surface area contributed by atoms with Gasteiger partial charge in [-0.1, -0.05) is 59.9 Å². The Bertz CT molecular complexity index is 1130. The standard InChI is InChI=1S/C21H19N5OS3/c1-14(29-21-25-24-19(26(21)22)18-12-7-13-28-18)20(27)23-16-10-5-6-11-17(16)30-15-8-3-2-4-9-15/h2-14H,22H2,1H3,(H,23,27). The second kappa shape index (κ2) is 9.38. The number of aromatic nitrogens is 3. The fraction of sp³-hybridized carbons (Fsp3) is 0.0952. The smallest absolute Gasteiger partial charge is 0.237 e. The molecule has 30 heavy (non-hydrogen) atoms. The minimum Gasteiger partial charge on any atom is -0.335 e. The molecule has 1 atom stereocenters. The first-order chi connectivity index (χ1) is 14.6. The Morgan fingerprint density at radius 3 is 2.60 bits per heavy atom. The lowest BCUT2D eigenvalue weighted by Gasteiger charge is -2.14. The molecule has 0 saturated carbocycles. The van der Waals surface area contributed by atoms with Crippen molar-refractivity contribution in [1.29, 1.82) is 0 Å². The van der Waals surface area contributed by atoms with Crippen LogP contribution in [-0.2, 0) is 4.79 Å². The van der Waals surface area contributed by atoms with E-state index in [0.29, 0.717) is 11.0 Å². The lowest BCUT2D eigenvalue weighted by Crippen LogP contribution is -2.24. The highest BCUT2D eigenvalue weighted by Crippen LogP contribution is 2.34. The molecular formula is C21H19N5OS3. The average Bonchev–Trinajstić information content (AvgIpc) is 3.40. The van der Waals surface area contributed by atoms with Gasteiger partial charge in [-0.05, 0) is 42.6 Å². The van der Waals surface area contributed by atoms with Crippen LogP contribution in [0.25, 0.3) is 10.7 Å². The number of thioether (sulfide) groups is 1. The van der Waals surface area contributed by atoms with Crippen molar-refractivity contribution in [3.05, 3.63) is 72.1 Å². The molecule has 0 fully saturated rings. The highest BCUT2D eigenvalue weighted by molar-refractivity contribution is 8.00. The van der Waals surface area contributed by atoms with E-state index in [1.807, 2.05) is 79.0 Å². The molecule has 0 spiro atoms. The normalized spacial score (nSPS) is 11.9. The zero-order chi connectivity index (χ0) is 20.9. The maximum absolute atomic E-state index is 12.8. The van der Waals surface area contributed by atoms with Crippen LogP contribution in [-0.4, -0.2) is 26.0 Å². The summed E-state index contributed by atoms with van der Waals surface area (Å²) in [6.45, 7) is 1.83. The first-order valence-electron chi connectivity index (χ1n) is 9.15. The van der Waals surface area contributed by atoms with Crippen LogP contribution >= 0.6 is 34.9 Å². The quantitative estimate of drug-likeness (QED) is 0.303. The summed E-state index contributed by atoms with van der Waals surface area (Å²) in [4.78, 5) is 15.9. The summed E-state index contributed by atoms with van der Waals surface area (Å²) in [5, 5.41) is 13.4. The van der Waals surface area contributed by atoms with Crippen LogP contribution in [0, 0.1) is 0 Å². The summed E-state index contributed by atoms with van der Waals surface area (Å²) in [7, 11) is 0. The van der Waals surface area contributed by atoms with Gasteiger partial charge in [0.2, 0.25) is 11.1 Å². The Labute approximate surface area is 186 Å². The van der Waals surface area contributed by atoms with E-state index in [1.54, 1.807) is 11.8 Å². The lowest BCUT2D eigenvalue weighted by molar-refractivity contribution is -0.115. The number of benzene rings is 2. The fourth-order valence-corrected chi connectivity index (χ4v) is 5.05. The van der Waals surface area contributed by atoms with Crippen LogP contribution in [0.4, 0.5) is 5.69 Å². The van der Waals surface area contributed by atoms with E-state index in [1.165, 1.54) is 27.8 Å². The largest absolute Gasteiger partial charge is 0.335 e. The van der Waals surface area contributed by atoms with Crippen LogP contribution in [0.15, 0.2) is 87.1 Å². The predicted molar refractivity (Wildman–Crippen MR) is 124 cm³/mol. The van der Waals surface area contributed by atoms with Crippen molar-refractivity contribution in [2.24, 2.45) is 0 Å². The van der Waals surface area contributed by atoms with Gasteiger partial charge in [-0.15, -0.1) is 21.5 Å². The van der Waals surface area contributed by atoms with Gasteiger partial charge in [0.05, 0.1) is 15.8 Å². The molecule has 0 aliphatic heterocycles. The van der Waals surface area contributed by atoms with E-state index in [9.17, 15) is 4.79 Å². The summed E-state index contributed by atoms with van der Waals surface area (Å²) in [6.07, 6.45) is 0. The number of amides is 1. The molecule has 4 rings (SSSR count). The topological polar surface area (TPSA) is 85.8 Å². The molecule has 0 radical (unpaired) electrons. The number of anilines is 1. The Hall–Kier alpha value is -2.75. The molecule has 9 heteroatoms. The SMILES string of the molecule is CC(Sc1nnc(-c2cccs2)n1N)C(=O)Nc1ccccc1Sc1ccccc1. The molecule has 6 nitrogen and oxygen atoms in total. The number of hydrogen-bond acceptors (Lipinski definition) is 7. The molecule has 152 valence electrons. The van der Waals surface area contributed by atoms with E-state index < -0.39 is 5.25 Å². The van der Waals surface area contributed by atoms with Gasteiger partial charge >= 0.3 is 0 Å². The fourth-order valence-electron chi connectivity index (χ4n) is 2.65. The van der Waals surface area contributed by atoms with Gasteiger partial charge in [0.1, 0.15) is 0 Å². The minimum absolute atomic E-state index is 0.123. The number of carbonyl (C=O) groups excluding carboxylic acids is 1. The van der Waals surface area contributed by atoms with E-state index in [0.717, 1.165) is 20.4 Å². The van der Waals surface area contributed by atoms with Crippen molar-refractivity contribution in [2.45, 2.75) is 27.1 Å². The van der Waals surface area contributed by atoms with Crippen LogP contribution < -0.4 is 11.2 Å². The summed E-state index contributed by atoms with van der Waals surface area (Å²) >= 11 is 4.42. The van der Waals surface area contributed by atoms with Crippen molar-refractivity contribution in [3.8, 4) is 10.7 Å². The number of nitrogens with zero attached hydrogens (tertiary/aromatic N) is 3. The number of rotatable bonds is 7. The Morgan fingerprint density at radius 1 is 1.07 bits per heavy atom. The third-order valence-corrected chi connectivity index (χ3v) is 7.18. The Kier molecular flexibility index (Phi) is 6.41. The Balaban J connectivity index is 1.45. The second-order valence-corrected chi connectivity index (χ2v) is 9.69. The molecule has 0 aliphatic carbocycles. The van der Waals surface area contributed by atoms with Crippen molar-refractivity contribution < 1.29 is 4.79 Å². The Morgan fingerprint density at radius 2 is 1.83 bits per heavy atom. The predicted octanol–water partition coefficient (Wildman–Crippen LogP) is 4.99. The zero-order valence-corrected chi connectivity index (χ0v) is 18.5. The molecule has 0 saturated heterocycles. The van der Waals surface area contributed by atoms with E-state index in [4.69, 9.17) is 5.84 Å². The first-order valence-corrected chi connectivity index (χ1v) is 11.7. The molecule has 0 aliphatic rings. The number of hydrogen-bond donors (Lipinski definition) is 2. The van der Waals surface area contributed by atoms with E-state index in [2.05, 4.69) is 15.5 Å². The van der Waals surface area contributed by atoms with E-state index >= 15 is 0 Å². The minimum atomic E-state index is -0.400. The third kappa shape index (κ3) is 4.69. The number of thiophene rings is 1. The van der Waals surface area contributed by atoms with Crippen molar-refractivity contribution in [2.75, 3.05) is 11.2 Å². The summed E-state index contributed by atoms with van der Waals surface area (Å²) in [5.41, 5.74) is 0.775. The molecular weight excluding hydrogens is 434 g/mol. The molecule has 2 aromatic carbocycles. The zero-order valence-electron chi connectivity index (χ0n) is 16.1. The van der Waals surface area contributed by atoms with Gasteiger partial charge in [0, 0.05) is 9.79 Å². The van der Waals surface area contributed by atoms with Crippen LogP contribution in [0.1, 0.15) is 6.92 Å². The van der Waals surface area contributed by atoms with Crippen LogP contribution in [0.3, 0.4) is 0 Å². The average molecular weight is 454 g/mol. The van der Waals surface area contributed by atoms with Crippen molar-refractivity contribution in [1.82, 2.24) is 14.9 Å². The highest BCUT2D eigenvalue weighted by Gasteiger charge is 2.21. The number of para-hydroxylation sites is 1. The molecule has 4 aromatic rings. The maximum Gasteiger partial charge on any atom is 0.237 e. The van der Waals surface area contributed by atoms with E-state index in [-0.39, 0.29) is 5.91 Å². The van der Waals surface area contributed by atoms with Gasteiger partial charge in [-0.25, -0.2) is 4.68 Å². The molecule has 0 bridgehead atoms. The van der Waals surface area contributed by atoms with Gasteiger partial charge in [-0.2, -0.15) is 0 Å². The van der Waals surface area contributed by atoms with Crippen molar-refractivity contribution in [3.63, 3.8) is 0 Å². The monoisotopic (exact) mass is 453 g/mol. The number of carbonyl (C=O) groups is 1. The molecule has 2 aromatic heterocycles. The number of nitrogen functional groups attached to an aromatic ring is 1. The molecule has 2 heterocycles. The first kappa shape index (κ1) is 20.5. The van der Waals surface area contributed by atoms with Gasteiger partial charge < -0.3 is 11.2 Å². The highest BCUT2D eigenvalue weighted by atomic mass is 32.2. The van der Waals surface area contributed by atoms with Crippen LogP contribution in [0.2, 0.25) is 0 Å². The number of nitrogens with two attached hydrogens (primary N) is 1. The van der Waals surface area contributed by atoms with Gasteiger partial charge in [0.25, 0.3) is 0 Å². The summed E-state index contributed by atoms with van der Waals surface area (Å²) in [5.74, 6) is 6.61. The van der Waals surface area contributed by atoms with Gasteiger partial charge in [-0.3, -0.25) is 4.79 Å². The molecule has 1 unspecified atom stereocenters. The summed E-state index contributed by atoms with van der Waals surface area (Å²) in [6, 6.07) is 21.7. The van der Waals surface area contributed by atoms with Gasteiger partial charge in [0.15, 0.2) is 5.82 Å². The number of nitrogens with one attached hydrogen (secondary N) is 1. The lowest BCUT2D eigenvalue weighted by atomic mass is 10.3. The third-order valence-electron chi connectivity index (χ3n) is 4.17. The van der Waals surface area contributed by atoms with Crippen molar-refractivity contribution >= 4 is 46.5 Å². The second-order valence-electron chi connectivity index (χ2n) is 6.31. The van der Waals surface area contributed by atoms with Crippen LogP contribution in [0.5, 0.6) is 0 Å².